The van der Waals surface area contributed by atoms with Gasteiger partial charge in [-0.2, -0.15) is 13.2 Å². The maximum absolute atomic E-state index is 13.8. The van der Waals surface area contributed by atoms with E-state index in [1.807, 2.05) is 18.2 Å². The van der Waals surface area contributed by atoms with Gasteiger partial charge in [-0.25, -0.2) is 9.18 Å². The topological polar surface area (TPSA) is 38.3 Å². The Bertz CT molecular complexity index is 742. The lowest BCUT2D eigenvalue weighted by atomic mass is 10.1. The summed E-state index contributed by atoms with van der Waals surface area (Å²) < 4.78 is 56.6. The van der Waals surface area contributed by atoms with Crippen molar-refractivity contribution in [3.63, 3.8) is 0 Å². The van der Waals surface area contributed by atoms with E-state index >= 15 is 0 Å². The third kappa shape index (κ3) is 5.63. The molecule has 0 aliphatic heterocycles. The van der Waals surface area contributed by atoms with Crippen molar-refractivity contribution in [2.75, 3.05) is 6.54 Å². The quantitative estimate of drug-likeness (QED) is 0.786. The van der Waals surface area contributed by atoms with Gasteiger partial charge in [0.15, 0.2) is 0 Å². The van der Waals surface area contributed by atoms with E-state index in [0.29, 0.717) is 6.07 Å². The molecule has 0 fully saturated rings. The summed E-state index contributed by atoms with van der Waals surface area (Å²) in [6.07, 6.45) is -2.93. The first kappa shape index (κ1) is 18.5. The van der Waals surface area contributed by atoms with Gasteiger partial charge in [-0.05, 0) is 11.6 Å². The molecule has 0 unspecified atom stereocenters. The standard InChI is InChI=1S/C18H15F4NO2/c19-16-14(8-4-10-15(16)18(20,21)22)9-5-11-23-17(24)25-12-13-6-2-1-3-7-13/h1-10H,11-12H2,(H,23,24). The summed E-state index contributed by atoms with van der Waals surface area (Å²) in [5, 5.41) is 2.39. The van der Waals surface area contributed by atoms with Gasteiger partial charge in [0.25, 0.3) is 0 Å². The molecule has 0 spiro atoms. The van der Waals surface area contributed by atoms with Gasteiger partial charge in [0.2, 0.25) is 0 Å². The van der Waals surface area contributed by atoms with Crippen molar-refractivity contribution in [1.82, 2.24) is 5.32 Å². The second kappa shape index (κ2) is 8.32. The molecule has 3 nitrogen and oxygen atoms in total. The summed E-state index contributed by atoms with van der Waals surface area (Å²) in [5.74, 6) is -1.35. The number of rotatable bonds is 5. The van der Waals surface area contributed by atoms with E-state index in [-0.39, 0.29) is 18.7 Å². The van der Waals surface area contributed by atoms with Crippen molar-refractivity contribution in [2.24, 2.45) is 0 Å². The zero-order valence-corrected chi connectivity index (χ0v) is 13.0. The number of alkyl carbamates (subject to hydrolysis) is 1. The van der Waals surface area contributed by atoms with Gasteiger partial charge in [0.05, 0.1) is 5.56 Å². The summed E-state index contributed by atoms with van der Waals surface area (Å²) >= 11 is 0. The van der Waals surface area contributed by atoms with Crippen LogP contribution in [-0.4, -0.2) is 12.6 Å². The lowest BCUT2D eigenvalue weighted by Gasteiger charge is -2.09. The van der Waals surface area contributed by atoms with Crippen molar-refractivity contribution in [1.29, 1.82) is 0 Å². The predicted octanol–water partition coefficient (Wildman–Crippen LogP) is 4.78. The Morgan fingerprint density at radius 3 is 2.48 bits per heavy atom. The zero-order chi connectivity index (χ0) is 18.3. The number of ether oxygens (including phenoxy) is 1. The number of benzene rings is 2. The number of alkyl halides is 3. The number of carbonyl (C=O) groups excluding carboxylic acids is 1. The van der Waals surface area contributed by atoms with Crippen molar-refractivity contribution in [3.05, 3.63) is 77.1 Å². The first-order chi connectivity index (χ1) is 11.9. The van der Waals surface area contributed by atoms with Crippen molar-refractivity contribution >= 4 is 12.2 Å². The van der Waals surface area contributed by atoms with E-state index in [0.717, 1.165) is 11.6 Å². The smallest absolute Gasteiger partial charge is 0.419 e. The highest BCUT2D eigenvalue weighted by Gasteiger charge is 2.34. The Balaban J connectivity index is 1.84. The number of nitrogens with one attached hydrogen (secondary N) is 1. The summed E-state index contributed by atoms with van der Waals surface area (Å²) in [6, 6.07) is 12.0. The fraction of sp³-hybridized carbons (Fsp3) is 0.167. The summed E-state index contributed by atoms with van der Waals surface area (Å²) in [6.45, 7) is 0.0853. The number of carbonyl (C=O) groups is 1. The monoisotopic (exact) mass is 353 g/mol. The molecule has 132 valence electrons. The van der Waals surface area contributed by atoms with Crippen molar-refractivity contribution in [2.45, 2.75) is 12.8 Å². The summed E-state index contributed by atoms with van der Waals surface area (Å²) in [4.78, 5) is 11.5. The van der Waals surface area contributed by atoms with Crippen LogP contribution >= 0.6 is 0 Å². The van der Waals surface area contributed by atoms with Crippen LogP contribution in [0, 0.1) is 5.82 Å². The fourth-order valence-electron chi connectivity index (χ4n) is 2.00. The molecule has 0 radical (unpaired) electrons. The molecule has 25 heavy (non-hydrogen) atoms. The molecule has 0 saturated heterocycles. The number of halogens is 4. The predicted molar refractivity (Wildman–Crippen MR) is 85.1 cm³/mol. The molecule has 1 amide bonds. The number of amides is 1. The van der Waals surface area contributed by atoms with Crippen LogP contribution in [0.3, 0.4) is 0 Å². The van der Waals surface area contributed by atoms with Crippen molar-refractivity contribution < 1.29 is 27.1 Å². The van der Waals surface area contributed by atoms with E-state index < -0.39 is 23.7 Å². The molecular weight excluding hydrogens is 338 g/mol. The van der Waals surface area contributed by atoms with Crippen LogP contribution in [0.15, 0.2) is 54.6 Å². The maximum Gasteiger partial charge on any atom is 0.419 e. The highest BCUT2D eigenvalue weighted by atomic mass is 19.4. The van der Waals surface area contributed by atoms with E-state index in [9.17, 15) is 22.4 Å². The van der Waals surface area contributed by atoms with Gasteiger partial charge in [-0.3, -0.25) is 0 Å². The van der Waals surface area contributed by atoms with E-state index in [2.05, 4.69) is 5.32 Å². The highest BCUT2D eigenvalue weighted by Crippen LogP contribution is 2.32. The maximum atomic E-state index is 13.8. The van der Waals surface area contributed by atoms with Crippen LogP contribution in [0.1, 0.15) is 16.7 Å². The van der Waals surface area contributed by atoms with Crippen LogP contribution in [-0.2, 0) is 17.5 Å². The van der Waals surface area contributed by atoms with Gasteiger partial charge < -0.3 is 10.1 Å². The largest absolute Gasteiger partial charge is 0.445 e. The molecule has 0 heterocycles. The minimum Gasteiger partial charge on any atom is -0.445 e. The molecule has 0 aliphatic carbocycles. The molecule has 0 saturated carbocycles. The minimum absolute atomic E-state index is 0.0106. The van der Waals surface area contributed by atoms with Crippen molar-refractivity contribution in [3.8, 4) is 0 Å². The fourth-order valence-corrected chi connectivity index (χ4v) is 2.00. The molecule has 0 aliphatic rings. The second-order valence-corrected chi connectivity index (χ2v) is 5.05. The molecule has 1 N–H and O–H groups in total. The van der Waals surface area contributed by atoms with Crippen LogP contribution in [0.5, 0.6) is 0 Å². The molecule has 2 aromatic carbocycles. The van der Waals surface area contributed by atoms with Gasteiger partial charge in [-0.1, -0.05) is 54.6 Å². The first-order valence-corrected chi connectivity index (χ1v) is 7.34. The second-order valence-electron chi connectivity index (χ2n) is 5.05. The van der Waals surface area contributed by atoms with Crippen LogP contribution in [0.25, 0.3) is 6.08 Å². The van der Waals surface area contributed by atoms with Crippen LogP contribution in [0.2, 0.25) is 0 Å². The Labute approximate surface area is 141 Å². The normalized spacial score (nSPS) is 11.5. The molecule has 2 aromatic rings. The zero-order valence-electron chi connectivity index (χ0n) is 13.0. The Morgan fingerprint density at radius 2 is 1.80 bits per heavy atom. The molecule has 2 rings (SSSR count). The Kier molecular flexibility index (Phi) is 6.16. The number of hydrogen-bond acceptors (Lipinski definition) is 2. The molecule has 0 bridgehead atoms. The van der Waals surface area contributed by atoms with Gasteiger partial charge >= 0.3 is 12.3 Å². The van der Waals surface area contributed by atoms with E-state index in [4.69, 9.17) is 4.74 Å². The van der Waals surface area contributed by atoms with Gasteiger partial charge in [0, 0.05) is 12.1 Å². The van der Waals surface area contributed by atoms with E-state index in [1.54, 1.807) is 12.1 Å². The van der Waals surface area contributed by atoms with Crippen LogP contribution < -0.4 is 5.32 Å². The lowest BCUT2D eigenvalue weighted by Crippen LogP contribution is -2.24. The van der Waals surface area contributed by atoms with Gasteiger partial charge in [0.1, 0.15) is 12.4 Å². The lowest BCUT2D eigenvalue weighted by molar-refractivity contribution is -0.140. The molecule has 7 heteroatoms. The van der Waals surface area contributed by atoms with Gasteiger partial charge in [-0.15, -0.1) is 0 Å². The average molecular weight is 353 g/mol. The summed E-state index contributed by atoms with van der Waals surface area (Å²) in [7, 11) is 0. The summed E-state index contributed by atoms with van der Waals surface area (Å²) in [5.41, 5.74) is -0.724. The molecule has 0 atom stereocenters. The third-order valence-electron chi connectivity index (χ3n) is 3.21. The third-order valence-corrected chi connectivity index (χ3v) is 3.21. The first-order valence-electron chi connectivity index (χ1n) is 7.34. The Hall–Kier alpha value is -2.83. The average Bonchev–Trinajstić information content (AvgIpc) is 2.58. The SMILES string of the molecule is O=C(NCC=Cc1cccc(C(F)(F)F)c1F)OCc1ccccc1. The van der Waals surface area contributed by atoms with E-state index in [1.165, 1.54) is 18.2 Å². The molecular formula is C18H15F4NO2. The minimum atomic E-state index is -4.76. The number of hydrogen-bond donors (Lipinski definition) is 1. The van der Waals surface area contributed by atoms with Crippen LogP contribution in [0.4, 0.5) is 22.4 Å². The molecule has 0 aromatic heterocycles. The Morgan fingerprint density at radius 1 is 1.08 bits per heavy atom. The highest BCUT2D eigenvalue weighted by molar-refractivity contribution is 5.67.